The first-order valence-electron chi connectivity index (χ1n) is 17.8. The van der Waals surface area contributed by atoms with Crippen LogP contribution in [0.15, 0.2) is 46.1 Å². The number of hydrogen-bond donors (Lipinski definition) is 0. The van der Waals surface area contributed by atoms with Crippen molar-refractivity contribution in [3.05, 3.63) is 68.5 Å². The van der Waals surface area contributed by atoms with E-state index < -0.39 is 73.3 Å². The van der Waals surface area contributed by atoms with Gasteiger partial charge in [0.15, 0.2) is 31.2 Å². The molecule has 0 radical (unpaired) electrons. The van der Waals surface area contributed by atoms with E-state index >= 15 is 0 Å². The van der Waals surface area contributed by atoms with Crippen LogP contribution in [0.1, 0.15) is 79.7 Å². The van der Waals surface area contributed by atoms with Crippen molar-refractivity contribution in [1.82, 2.24) is 9.13 Å². The maximum absolute atomic E-state index is 14.3. The Labute approximate surface area is 303 Å². The zero-order chi connectivity index (χ0) is 38.3. The lowest BCUT2D eigenvalue weighted by molar-refractivity contribution is -0.145. The van der Waals surface area contributed by atoms with Crippen molar-refractivity contribution >= 4 is 30.9 Å². The van der Waals surface area contributed by atoms with Crippen LogP contribution in [0.25, 0.3) is 0 Å². The van der Waals surface area contributed by atoms with Crippen LogP contribution in [0.3, 0.4) is 0 Å². The molecule has 0 spiro atoms. The lowest BCUT2D eigenvalue weighted by Gasteiger charge is -2.44. The van der Waals surface area contributed by atoms with Crippen LogP contribution in [-0.4, -0.2) is 65.0 Å². The molecule has 4 atom stereocenters. The molecule has 0 aliphatic carbocycles. The molecule has 1 fully saturated rings. The predicted octanol–water partition coefficient (Wildman–Crippen LogP) is 7.76. The Morgan fingerprint density at radius 3 is 1.78 bits per heavy atom. The second-order valence-electron chi connectivity index (χ2n) is 18.4. The highest BCUT2D eigenvalue weighted by Crippen LogP contribution is 2.46. The topological polar surface area (TPSA) is 107 Å². The number of rotatable bonds is 12. The summed E-state index contributed by atoms with van der Waals surface area (Å²) in [6, 6.07) is 9.26. The largest absolute Gasteiger partial charge is 0.459 e. The molecule has 1 aliphatic heterocycles. The second kappa shape index (κ2) is 15.1. The van der Waals surface area contributed by atoms with Gasteiger partial charge in [-0.25, -0.2) is 9.36 Å². The Morgan fingerprint density at radius 2 is 1.28 bits per heavy atom. The van der Waals surface area contributed by atoms with E-state index in [1.807, 2.05) is 30.3 Å². The normalized spacial score (nSPS) is 21.0. The maximum atomic E-state index is 14.3. The Kier molecular flexibility index (Phi) is 12.7. The zero-order valence-corrected chi connectivity index (χ0v) is 36.6. The van der Waals surface area contributed by atoms with Gasteiger partial charge in [-0.1, -0.05) is 92.6 Å². The Bertz CT molecular complexity index is 1600. The molecule has 0 bridgehead atoms. The number of ether oxygens (including phenoxy) is 2. The van der Waals surface area contributed by atoms with Gasteiger partial charge in [-0.05, 0) is 66.9 Å². The summed E-state index contributed by atoms with van der Waals surface area (Å²) in [5, 5.41) is -0.300. The van der Waals surface area contributed by atoms with E-state index in [-0.39, 0.29) is 33.9 Å². The van der Waals surface area contributed by atoms with Crippen LogP contribution in [0.4, 0.5) is 0 Å². The van der Waals surface area contributed by atoms with Gasteiger partial charge in [-0.2, -0.15) is 0 Å². The summed E-state index contributed by atoms with van der Waals surface area (Å²) in [6.45, 7) is 34.2. The summed E-state index contributed by atoms with van der Waals surface area (Å²) < 4.78 is 35.8. The van der Waals surface area contributed by atoms with Crippen LogP contribution >= 0.6 is 0 Å². The summed E-state index contributed by atoms with van der Waals surface area (Å²) >= 11 is 0. The van der Waals surface area contributed by atoms with E-state index in [1.165, 1.54) is 10.8 Å². The van der Waals surface area contributed by atoms with Gasteiger partial charge in [0, 0.05) is 11.8 Å². The minimum Gasteiger partial charge on any atom is -0.459 e. The first kappa shape index (κ1) is 42.3. The van der Waals surface area contributed by atoms with Crippen LogP contribution < -0.4 is 11.2 Å². The summed E-state index contributed by atoms with van der Waals surface area (Å²) in [5.41, 5.74) is -0.144. The van der Waals surface area contributed by atoms with Crippen molar-refractivity contribution in [3.63, 3.8) is 0 Å². The molecule has 2 heterocycles. The highest BCUT2D eigenvalue weighted by atomic mass is 28.4. The number of carbonyl (C=O) groups excluding carboxylic acids is 1. The van der Waals surface area contributed by atoms with Crippen LogP contribution in [-0.2, 0) is 40.7 Å². The van der Waals surface area contributed by atoms with E-state index in [1.54, 1.807) is 6.92 Å². The molecule has 2 aromatic rings. The van der Waals surface area contributed by atoms with Gasteiger partial charge >= 0.3 is 11.7 Å². The minimum absolute atomic E-state index is 0.0313. The van der Waals surface area contributed by atoms with Crippen LogP contribution in [0.5, 0.6) is 0 Å². The van der Waals surface area contributed by atoms with Gasteiger partial charge in [0.25, 0.3) is 5.56 Å². The number of nitrogens with zero attached hydrogens (tertiary/aromatic N) is 2. The van der Waals surface area contributed by atoms with Crippen molar-refractivity contribution < 1.29 is 27.5 Å². The SMILES string of the molecule is Cc1cn(C2OC(CO[Si](C)(C)C(C)(C)C)C(O[Si](C)(C)C(C)(C)C)C2O[Si](C)(C)C(C)(C)C)c(=O)n(CC(=O)OCc2ccccc2)c1=O. The molecular weight excluding hydrogens is 685 g/mol. The molecule has 4 unspecified atom stereocenters. The third-order valence-corrected chi connectivity index (χ3v) is 24.8. The minimum atomic E-state index is -2.49. The van der Waals surface area contributed by atoms with Gasteiger partial charge in [-0.15, -0.1) is 0 Å². The van der Waals surface area contributed by atoms with Crippen molar-refractivity contribution in [2.24, 2.45) is 0 Å². The average Bonchev–Trinajstić information content (AvgIpc) is 3.29. The van der Waals surface area contributed by atoms with Gasteiger partial charge < -0.3 is 22.8 Å². The molecule has 0 saturated carbocycles. The highest BCUT2D eigenvalue weighted by Gasteiger charge is 2.55. The van der Waals surface area contributed by atoms with E-state index in [4.69, 9.17) is 22.8 Å². The van der Waals surface area contributed by atoms with Crippen molar-refractivity contribution in [2.45, 2.75) is 161 Å². The summed E-state index contributed by atoms with van der Waals surface area (Å²) in [6.07, 6.45) is -1.22. The molecule has 1 aromatic carbocycles. The third-order valence-electron chi connectivity index (χ3n) is 11.3. The second-order valence-corrected chi connectivity index (χ2v) is 32.7. The Morgan fingerprint density at radius 1 is 0.780 bits per heavy atom. The number of aryl methyl sites for hydroxylation is 1. The number of aromatic nitrogens is 2. The van der Waals surface area contributed by atoms with Crippen LogP contribution in [0, 0.1) is 6.92 Å². The zero-order valence-electron chi connectivity index (χ0n) is 33.6. The summed E-state index contributed by atoms with van der Waals surface area (Å²) in [5.74, 6) is -0.689. The quantitative estimate of drug-likeness (QED) is 0.160. The Hall–Kier alpha value is -2.14. The molecule has 10 nitrogen and oxygen atoms in total. The average molecular weight is 749 g/mol. The Balaban J connectivity index is 2.16. The molecule has 282 valence electrons. The molecular formula is C37H64N2O8Si3. The fraction of sp³-hybridized carbons (Fsp3) is 0.703. The van der Waals surface area contributed by atoms with E-state index in [2.05, 4.69) is 102 Å². The van der Waals surface area contributed by atoms with E-state index in [0.29, 0.717) is 0 Å². The first-order valence-corrected chi connectivity index (χ1v) is 26.5. The van der Waals surface area contributed by atoms with Gasteiger partial charge in [0.1, 0.15) is 31.5 Å². The monoisotopic (exact) mass is 748 g/mol. The van der Waals surface area contributed by atoms with E-state index in [9.17, 15) is 14.4 Å². The predicted molar refractivity (Wildman–Crippen MR) is 207 cm³/mol. The number of benzene rings is 1. The van der Waals surface area contributed by atoms with Crippen LogP contribution in [0.2, 0.25) is 54.4 Å². The number of hydrogen-bond acceptors (Lipinski definition) is 8. The lowest BCUT2D eigenvalue weighted by Crippen LogP contribution is -2.55. The van der Waals surface area contributed by atoms with Crippen molar-refractivity contribution in [3.8, 4) is 0 Å². The third kappa shape index (κ3) is 9.64. The molecule has 13 heteroatoms. The summed E-state index contributed by atoms with van der Waals surface area (Å²) in [4.78, 5) is 40.7. The van der Waals surface area contributed by atoms with E-state index in [0.717, 1.165) is 10.1 Å². The number of carbonyl (C=O) groups is 1. The molecule has 50 heavy (non-hydrogen) atoms. The highest BCUT2D eigenvalue weighted by molar-refractivity contribution is 6.75. The smallest absolute Gasteiger partial charge is 0.333 e. The summed E-state index contributed by atoms with van der Waals surface area (Å²) in [7, 11) is -7.11. The molecule has 3 rings (SSSR count). The first-order chi connectivity index (χ1) is 22.6. The van der Waals surface area contributed by atoms with Crippen molar-refractivity contribution in [1.29, 1.82) is 0 Å². The molecule has 0 amide bonds. The fourth-order valence-corrected chi connectivity index (χ4v) is 8.49. The maximum Gasteiger partial charge on any atom is 0.333 e. The van der Waals surface area contributed by atoms with Gasteiger partial charge in [0.2, 0.25) is 0 Å². The van der Waals surface area contributed by atoms with Crippen molar-refractivity contribution in [2.75, 3.05) is 6.61 Å². The molecule has 1 saturated heterocycles. The molecule has 0 N–H and O–H groups in total. The lowest BCUT2D eigenvalue weighted by atomic mass is 10.1. The fourth-order valence-electron chi connectivity index (χ4n) is 4.87. The molecule has 1 aliphatic rings. The standard InChI is InChI=1S/C37H64N2O8Si3/c1-26-22-39(34(42)38(32(26)41)23-29(40)43-24-27-20-18-17-19-21-27)33-31(47-50(15,16)37(8,9)10)30(46-49(13,14)36(5,6)7)28(45-33)25-44-48(11,12)35(2,3)4/h17-22,28,30-31,33H,23-25H2,1-16H3. The van der Waals surface area contributed by atoms with Gasteiger partial charge in [0.05, 0.1) is 6.61 Å². The van der Waals surface area contributed by atoms with Gasteiger partial charge in [-0.3, -0.25) is 14.2 Å². The molecule has 1 aromatic heterocycles. The number of esters is 1.